The van der Waals surface area contributed by atoms with Gasteiger partial charge in [-0.05, 0) is 26.0 Å². The number of aryl methyl sites for hydroxylation is 1. The maximum absolute atomic E-state index is 5.77. The topological polar surface area (TPSA) is 39.1 Å². The van der Waals surface area contributed by atoms with E-state index in [9.17, 15) is 0 Å². The molecule has 4 nitrogen and oxygen atoms in total. The lowest BCUT2D eigenvalue weighted by molar-refractivity contribution is 0.0774. The summed E-state index contributed by atoms with van der Waals surface area (Å²) >= 11 is 0. The molecule has 3 unspecified atom stereocenters. The average Bonchev–Trinajstić information content (AvgIpc) is 2.90. The third-order valence-corrected chi connectivity index (χ3v) is 3.58. The summed E-state index contributed by atoms with van der Waals surface area (Å²) in [6.07, 6.45) is 4.46. The zero-order valence-electron chi connectivity index (χ0n) is 10.3. The van der Waals surface area contributed by atoms with Gasteiger partial charge in [0.05, 0.1) is 17.8 Å². The van der Waals surface area contributed by atoms with Gasteiger partial charge in [-0.15, -0.1) is 0 Å². The van der Waals surface area contributed by atoms with Gasteiger partial charge >= 0.3 is 0 Å². The summed E-state index contributed by atoms with van der Waals surface area (Å²) in [4.78, 5) is 0. The lowest BCUT2D eigenvalue weighted by Gasteiger charge is -2.26. The SMILES string of the molecule is CCC1OCCC1C(NC)c1ccnn1C. The Hall–Kier alpha value is -0.870. The van der Waals surface area contributed by atoms with Crippen molar-refractivity contribution in [2.24, 2.45) is 13.0 Å². The summed E-state index contributed by atoms with van der Waals surface area (Å²) in [6, 6.07) is 2.44. The van der Waals surface area contributed by atoms with Gasteiger partial charge < -0.3 is 10.1 Å². The summed E-state index contributed by atoms with van der Waals surface area (Å²) in [5, 5.41) is 7.65. The van der Waals surface area contributed by atoms with Crippen molar-refractivity contribution < 1.29 is 4.74 Å². The van der Waals surface area contributed by atoms with E-state index < -0.39 is 0 Å². The van der Waals surface area contributed by atoms with Gasteiger partial charge in [0.15, 0.2) is 0 Å². The second-order valence-electron chi connectivity index (χ2n) is 4.42. The van der Waals surface area contributed by atoms with E-state index in [1.54, 1.807) is 0 Å². The first-order valence-corrected chi connectivity index (χ1v) is 6.04. The van der Waals surface area contributed by atoms with Gasteiger partial charge in [-0.25, -0.2) is 0 Å². The van der Waals surface area contributed by atoms with Crippen LogP contribution in [0.4, 0.5) is 0 Å². The molecule has 0 amide bonds. The zero-order chi connectivity index (χ0) is 11.5. The van der Waals surface area contributed by atoms with Crippen LogP contribution in [0.5, 0.6) is 0 Å². The first kappa shape index (κ1) is 11.6. The third-order valence-electron chi connectivity index (χ3n) is 3.58. The van der Waals surface area contributed by atoms with Gasteiger partial charge in [-0.2, -0.15) is 5.10 Å². The second kappa shape index (κ2) is 4.97. The fourth-order valence-corrected chi connectivity index (χ4v) is 2.74. The summed E-state index contributed by atoms with van der Waals surface area (Å²) in [7, 11) is 4.01. The van der Waals surface area contributed by atoms with Crippen molar-refractivity contribution in [1.82, 2.24) is 15.1 Å². The molecular weight excluding hydrogens is 202 g/mol. The molecule has 1 aliphatic rings. The lowest BCUT2D eigenvalue weighted by atomic mass is 9.89. The predicted molar refractivity (Wildman–Crippen MR) is 63.1 cm³/mol. The molecule has 2 rings (SSSR count). The van der Waals surface area contributed by atoms with E-state index in [2.05, 4.69) is 23.4 Å². The zero-order valence-corrected chi connectivity index (χ0v) is 10.3. The Morgan fingerprint density at radius 3 is 3.06 bits per heavy atom. The quantitative estimate of drug-likeness (QED) is 0.840. The minimum atomic E-state index is 0.347. The minimum absolute atomic E-state index is 0.347. The van der Waals surface area contributed by atoms with Gasteiger partial charge in [-0.3, -0.25) is 4.68 Å². The van der Waals surface area contributed by atoms with Gasteiger partial charge in [0.2, 0.25) is 0 Å². The number of aromatic nitrogens is 2. The Balaban J connectivity index is 2.19. The standard InChI is InChI=1S/C12H21N3O/c1-4-11-9(6-8-16-11)12(13-2)10-5-7-14-15(10)3/h5,7,9,11-13H,4,6,8H2,1-3H3. The van der Waals surface area contributed by atoms with Crippen LogP contribution >= 0.6 is 0 Å². The highest BCUT2D eigenvalue weighted by molar-refractivity contribution is 5.09. The molecule has 0 radical (unpaired) electrons. The van der Waals surface area contributed by atoms with Gasteiger partial charge in [0, 0.05) is 25.8 Å². The van der Waals surface area contributed by atoms with Gasteiger partial charge in [0.25, 0.3) is 0 Å². The van der Waals surface area contributed by atoms with E-state index in [0.717, 1.165) is 19.4 Å². The van der Waals surface area contributed by atoms with Crippen LogP contribution in [0.1, 0.15) is 31.5 Å². The molecule has 3 atom stereocenters. The number of ether oxygens (including phenoxy) is 1. The Bertz CT molecular complexity index is 337. The van der Waals surface area contributed by atoms with Crippen molar-refractivity contribution in [3.63, 3.8) is 0 Å². The lowest BCUT2D eigenvalue weighted by Crippen LogP contribution is -2.32. The van der Waals surface area contributed by atoms with Crippen molar-refractivity contribution in [3.05, 3.63) is 18.0 Å². The summed E-state index contributed by atoms with van der Waals surface area (Å²) in [5.41, 5.74) is 1.25. The Kier molecular flexibility index (Phi) is 3.61. The minimum Gasteiger partial charge on any atom is -0.378 e. The van der Waals surface area contributed by atoms with Crippen LogP contribution in [0.25, 0.3) is 0 Å². The molecule has 0 bridgehead atoms. The molecule has 16 heavy (non-hydrogen) atoms. The van der Waals surface area contributed by atoms with Crippen LogP contribution in [0.3, 0.4) is 0 Å². The molecule has 4 heteroatoms. The van der Waals surface area contributed by atoms with Crippen LogP contribution in [-0.4, -0.2) is 29.5 Å². The van der Waals surface area contributed by atoms with Gasteiger partial charge in [-0.1, -0.05) is 6.92 Å². The molecule has 1 aromatic rings. The van der Waals surface area contributed by atoms with E-state index in [-0.39, 0.29) is 0 Å². The van der Waals surface area contributed by atoms with E-state index in [1.807, 2.05) is 25.0 Å². The smallest absolute Gasteiger partial charge is 0.0620 e. The Labute approximate surface area is 97.0 Å². The summed E-state index contributed by atoms with van der Waals surface area (Å²) in [6.45, 7) is 3.08. The maximum atomic E-state index is 5.77. The van der Waals surface area contributed by atoms with Crippen LogP contribution in [0.15, 0.2) is 12.3 Å². The Morgan fingerprint density at radius 2 is 2.50 bits per heavy atom. The van der Waals surface area contributed by atoms with Crippen LogP contribution in [0, 0.1) is 5.92 Å². The largest absolute Gasteiger partial charge is 0.378 e. The molecule has 0 saturated carbocycles. The van der Waals surface area contributed by atoms with Crippen molar-refractivity contribution in [3.8, 4) is 0 Å². The molecule has 1 aliphatic heterocycles. The van der Waals surface area contributed by atoms with E-state index in [0.29, 0.717) is 18.1 Å². The number of hydrogen-bond acceptors (Lipinski definition) is 3. The molecular formula is C12H21N3O. The number of nitrogens with one attached hydrogen (secondary N) is 1. The molecule has 0 aliphatic carbocycles. The highest BCUT2D eigenvalue weighted by Gasteiger charge is 2.34. The highest BCUT2D eigenvalue weighted by Crippen LogP contribution is 2.34. The first-order valence-electron chi connectivity index (χ1n) is 6.04. The first-order chi connectivity index (χ1) is 7.77. The normalized spacial score (nSPS) is 27.2. The fourth-order valence-electron chi connectivity index (χ4n) is 2.74. The Morgan fingerprint density at radius 1 is 1.69 bits per heavy atom. The van der Waals surface area contributed by atoms with Crippen molar-refractivity contribution in [1.29, 1.82) is 0 Å². The van der Waals surface area contributed by atoms with Crippen molar-refractivity contribution in [2.45, 2.75) is 31.9 Å². The predicted octanol–water partition coefficient (Wildman–Crippen LogP) is 1.50. The second-order valence-corrected chi connectivity index (χ2v) is 4.42. The molecule has 90 valence electrons. The molecule has 2 heterocycles. The number of nitrogens with zero attached hydrogens (tertiary/aromatic N) is 2. The monoisotopic (exact) mass is 223 g/mol. The molecule has 1 N–H and O–H groups in total. The van der Waals surface area contributed by atoms with E-state index in [4.69, 9.17) is 4.74 Å². The van der Waals surface area contributed by atoms with Crippen molar-refractivity contribution in [2.75, 3.05) is 13.7 Å². The van der Waals surface area contributed by atoms with Crippen LogP contribution in [0.2, 0.25) is 0 Å². The number of rotatable bonds is 4. The van der Waals surface area contributed by atoms with Crippen molar-refractivity contribution >= 4 is 0 Å². The molecule has 1 saturated heterocycles. The van der Waals surface area contributed by atoms with E-state index in [1.165, 1.54) is 5.69 Å². The van der Waals surface area contributed by atoms with E-state index >= 15 is 0 Å². The number of hydrogen-bond donors (Lipinski definition) is 1. The maximum Gasteiger partial charge on any atom is 0.0620 e. The fraction of sp³-hybridized carbons (Fsp3) is 0.750. The average molecular weight is 223 g/mol. The summed E-state index contributed by atoms with van der Waals surface area (Å²) < 4.78 is 7.72. The highest BCUT2D eigenvalue weighted by atomic mass is 16.5. The molecule has 1 aromatic heterocycles. The molecule has 0 aromatic carbocycles. The van der Waals surface area contributed by atoms with Crippen LogP contribution < -0.4 is 5.32 Å². The molecule has 1 fully saturated rings. The van der Waals surface area contributed by atoms with Gasteiger partial charge in [0.1, 0.15) is 0 Å². The van der Waals surface area contributed by atoms with Crippen LogP contribution in [-0.2, 0) is 11.8 Å². The molecule has 0 spiro atoms. The summed E-state index contributed by atoms with van der Waals surface area (Å²) in [5.74, 6) is 0.561. The third kappa shape index (κ3) is 1.99.